The second kappa shape index (κ2) is 5.38. The predicted molar refractivity (Wildman–Crippen MR) is 77.1 cm³/mol. The van der Waals surface area contributed by atoms with Crippen molar-refractivity contribution in [3.05, 3.63) is 23.7 Å². The second-order valence-corrected chi connectivity index (χ2v) is 5.22. The Balaban J connectivity index is 2.47. The molecule has 0 bridgehead atoms. The van der Waals surface area contributed by atoms with Gasteiger partial charge in [-0.3, -0.25) is 4.68 Å². The highest BCUT2D eigenvalue weighted by molar-refractivity contribution is 5.59. The lowest BCUT2D eigenvalue weighted by atomic mass is 10.1. The van der Waals surface area contributed by atoms with Gasteiger partial charge in [0.2, 0.25) is 0 Å². The van der Waals surface area contributed by atoms with Crippen LogP contribution in [0.5, 0.6) is 0 Å². The van der Waals surface area contributed by atoms with Gasteiger partial charge in [0, 0.05) is 32.1 Å². The van der Waals surface area contributed by atoms with Crippen LogP contribution in [-0.4, -0.2) is 26.8 Å². The first kappa shape index (κ1) is 13.5. The van der Waals surface area contributed by atoms with Crippen LogP contribution in [0.1, 0.15) is 25.2 Å². The molecule has 2 aromatic rings. The molecule has 0 saturated heterocycles. The first-order valence-corrected chi connectivity index (χ1v) is 6.56. The monoisotopic (exact) mass is 259 g/mol. The molecule has 0 atom stereocenters. The van der Waals surface area contributed by atoms with Crippen molar-refractivity contribution >= 4 is 5.82 Å². The Morgan fingerprint density at radius 2 is 2.05 bits per heavy atom. The lowest BCUT2D eigenvalue weighted by molar-refractivity contribution is 0.635. The third kappa shape index (κ3) is 3.10. The number of aromatic nitrogens is 4. The van der Waals surface area contributed by atoms with Crippen molar-refractivity contribution in [1.82, 2.24) is 19.7 Å². The molecule has 0 fully saturated rings. The molecule has 2 heterocycles. The summed E-state index contributed by atoms with van der Waals surface area (Å²) >= 11 is 0. The summed E-state index contributed by atoms with van der Waals surface area (Å²) in [6.07, 6.45) is 2.91. The van der Waals surface area contributed by atoms with Crippen LogP contribution in [0.25, 0.3) is 11.4 Å². The van der Waals surface area contributed by atoms with Crippen molar-refractivity contribution in [1.29, 1.82) is 0 Å². The maximum Gasteiger partial charge on any atom is 0.165 e. The van der Waals surface area contributed by atoms with Crippen molar-refractivity contribution in [2.24, 2.45) is 13.0 Å². The van der Waals surface area contributed by atoms with E-state index in [1.54, 1.807) is 4.68 Å². The topological polar surface area (TPSA) is 55.6 Å². The molecule has 102 valence electrons. The third-order valence-electron chi connectivity index (χ3n) is 2.91. The molecule has 0 spiro atoms. The summed E-state index contributed by atoms with van der Waals surface area (Å²) in [5.41, 5.74) is 3.00. The number of nitrogens with one attached hydrogen (secondary N) is 1. The Hall–Kier alpha value is -1.91. The van der Waals surface area contributed by atoms with E-state index in [1.807, 2.05) is 33.3 Å². The zero-order valence-corrected chi connectivity index (χ0v) is 12.2. The van der Waals surface area contributed by atoms with Gasteiger partial charge in [-0.1, -0.05) is 13.8 Å². The Kier molecular flexibility index (Phi) is 3.83. The number of anilines is 1. The molecule has 0 saturated carbocycles. The van der Waals surface area contributed by atoms with Crippen LogP contribution in [0.3, 0.4) is 0 Å². The van der Waals surface area contributed by atoms with Crippen molar-refractivity contribution in [2.45, 2.75) is 27.2 Å². The predicted octanol–water partition coefficient (Wildman–Crippen LogP) is 2.43. The van der Waals surface area contributed by atoms with E-state index in [0.717, 1.165) is 35.0 Å². The van der Waals surface area contributed by atoms with Gasteiger partial charge < -0.3 is 5.32 Å². The molecule has 0 aliphatic rings. The van der Waals surface area contributed by atoms with Crippen LogP contribution >= 0.6 is 0 Å². The summed E-state index contributed by atoms with van der Waals surface area (Å²) in [6, 6.07) is 2.01. The lowest BCUT2D eigenvalue weighted by Gasteiger charge is -2.09. The Bertz CT molecular complexity index is 571. The standard InChI is InChI=1S/C14H21N5/c1-9(2)6-11-7-13(15-4)17-14(16-11)12-8-19(5)18-10(12)3/h7-9H,6H2,1-5H3,(H,15,16,17). The highest BCUT2D eigenvalue weighted by Crippen LogP contribution is 2.21. The van der Waals surface area contributed by atoms with E-state index in [2.05, 4.69) is 34.2 Å². The van der Waals surface area contributed by atoms with Gasteiger partial charge >= 0.3 is 0 Å². The van der Waals surface area contributed by atoms with Crippen molar-refractivity contribution in [3.63, 3.8) is 0 Å². The van der Waals surface area contributed by atoms with E-state index < -0.39 is 0 Å². The number of hydrogen-bond donors (Lipinski definition) is 1. The normalized spacial score (nSPS) is 11.1. The van der Waals surface area contributed by atoms with Crippen molar-refractivity contribution in [3.8, 4) is 11.4 Å². The fraction of sp³-hybridized carbons (Fsp3) is 0.500. The molecular weight excluding hydrogens is 238 g/mol. The minimum absolute atomic E-state index is 0.572. The fourth-order valence-electron chi connectivity index (χ4n) is 2.09. The van der Waals surface area contributed by atoms with E-state index in [1.165, 1.54) is 0 Å². The summed E-state index contributed by atoms with van der Waals surface area (Å²) in [4.78, 5) is 9.19. The van der Waals surface area contributed by atoms with Crippen molar-refractivity contribution in [2.75, 3.05) is 12.4 Å². The van der Waals surface area contributed by atoms with Crippen LogP contribution in [0, 0.1) is 12.8 Å². The largest absolute Gasteiger partial charge is 0.373 e. The number of aryl methyl sites for hydroxylation is 2. The third-order valence-corrected chi connectivity index (χ3v) is 2.91. The van der Waals surface area contributed by atoms with Crippen LogP contribution in [0.4, 0.5) is 5.82 Å². The van der Waals surface area contributed by atoms with E-state index >= 15 is 0 Å². The van der Waals surface area contributed by atoms with E-state index in [9.17, 15) is 0 Å². The van der Waals surface area contributed by atoms with Gasteiger partial charge in [0.15, 0.2) is 5.82 Å². The maximum atomic E-state index is 4.66. The van der Waals surface area contributed by atoms with Gasteiger partial charge in [0.05, 0.1) is 11.3 Å². The van der Waals surface area contributed by atoms with Crippen LogP contribution in [-0.2, 0) is 13.5 Å². The lowest BCUT2D eigenvalue weighted by Crippen LogP contribution is -2.03. The molecule has 5 nitrogen and oxygen atoms in total. The first-order valence-electron chi connectivity index (χ1n) is 6.56. The number of nitrogens with zero attached hydrogens (tertiary/aromatic N) is 4. The van der Waals surface area contributed by atoms with Gasteiger partial charge in [0.25, 0.3) is 0 Å². The quantitative estimate of drug-likeness (QED) is 0.916. The highest BCUT2D eigenvalue weighted by atomic mass is 15.3. The minimum atomic E-state index is 0.572. The summed E-state index contributed by atoms with van der Waals surface area (Å²) in [7, 11) is 3.79. The molecule has 0 radical (unpaired) electrons. The van der Waals surface area contributed by atoms with Gasteiger partial charge in [-0.2, -0.15) is 5.10 Å². The number of rotatable bonds is 4. The minimum Gasteiger partial charge on any atom is -0.373 e. The summed E-state index contributed by atoms with van der Waals surface area (Å²) in [6.45, 7) is 6.36. The SMILES string of the molecule is CNc1cc(CC(C)C)nc(-c2cn(C)nc2C)n1. The first-order chi connectivity index (χ1) is 8.99. The van der Waals surface area contributed by atoms with Gasteiger partial charge in [-0.05, 0) is 19.3 Å². The molecule has 0 unspecified atom stereocenters. The Labute approximate surface area is 114 Å². The van der Waals surface area contributed by atoms with Crippen molar-refractivity contribution < 1.29 is 0 Å². The molecule has 0 aromatic carbocycles. The molecule has 19 heavy (non-hydrogen) atoms. The zero-order valence-electron chi connectivity index (χ0n) is 12.2. The molecule has 0 amide bonds. The molecule has 0 aliphatic heterocycles. The summed E-state index contributed by atoms with van der Waals surface area (Å²) in [5, 5.41) is 7.45. The van der Waals surface area contributed by atoms with Gasteiger partial charge in [-0.25, -0.2) is 9.97 Å². The second-order valence-electron chi connectivity index (χ2n) is 5.22. The zero-order chi connectivity index (χ0) is 14.0. The Morgan fingerprint density at radius 3 is 2.58 bits per heavy atom. The highest BCUT2D eigenvalue weighted by Gasteiger charge is 2.12. The van der Waals surface area contributed by atoms with Gasteiger partial charge in [0.1, 0.15) is 5.82 Å². The van der Waals surface area contributed by atoms with Crippen LogP contribution < -0.4 is 5.32 Å². The molecule has 2 rings (SSSR count). The molecule has 1 N–H and O–H groups in total. The molecular formula is C14H21N5. The van der Waals surface area contributed by atoms with E-state index in [-0.39, 0.29) is 0 Å². The summed E-state index contributed by atoms with van der Waals surface area (Å²) in [5.74, 6) is 2.17. The van der Waals surface area contributed by atoms with Crippen LogP contribution in [0.2, 0.25) is 0 Å². The van der Waals surface area contributed by atoms with Crippen LogP contribution in [0.15, 0.2) is 12.3 Å². The average Bonchev–Trinajstić information content (AvgIpc) is 2.67. The molecule has 0 aliphatic carbocycles. The maximum absolute atomic E-state index is 4.66. The fourth-order valence-corrected chi connectivity index (χ4v) is 2.09. The molecule has 5 heteroatoms. The average molecular weight is 259 g/mol. The van der Waals surface area contributed by atoms with E-state index in [0.29, 0.717) is 5.92 Å². The smallest absolute Gasteiger partial charge is 0.165 e. The number of hydrogen-bond acceptors (Lipinski definition) is 4. The Morgan fingerprint density at radius 1 is 1.32 bits per heavy atom. The van der Waals surface area contributed by atoms with E-state index in [4.69, 9.17) is 0 Å². The summed E-state index contributed by atoms with van der Waals surface area (Å²) < 4.78 is 1.79. The molecule has 2 aromatic heterocycles. The van der Waals surface area contributed by atoms with Gasteiger partial charge in [-0.15, -0.1) is 0 Å².